The summed E-state index contributed by atoms with van der Waals surface area (Å²) in [5.74, 6) is 1.73. The molecule has 3 rings (SSSR count). The summed E-state index contributed by atoms with van der Waals surface area (Å²) < 4.78 is 10.2. The van der Waals surface area contributed by atoms with Crippen molar-refractivity contribution in [2.24, 2.45) is 0 Å². The minimum Gasteiger partial charge on any atom is -0.482 e. The molecule has 0 saturated carbocycles. The van der Waals surface area contributed by atoms with Gasteiger partial charge in [-0.1, -0.05) is 18.2 Å². The van der Waals surface area contributed by atoms with Gasteiger partial charge in [-0.3, -0.25) is 0 Å². The lowest BCUT2D eigenvalue weighted by Gasteiger charge is -2.06. The molecule has 1 aromatic carbocycles. The van der Waals surface area contributed by atoms with Crippen molar-refractivity contribution in [2.45, 2.75) is 32.4 Å². The standard InChI is InChI=1S/C13H15N3OS/c1-8(2)14-13-15-12(16-18-13)11-7-9-5-3-4-6-10(9)17-11/h3-6,8,11H,7H2,1-2H3,(H,14,15,16). The summed E-state index contributed by atoms with van der Waals surface area (Å²) >= 11 is 1.39. The highest BCUT2D eigenvalue weighted by Crippen LogP contribution is 2.35. The van der Waals surface area contributed by atoms with Crippen LogP contribution in [-0.2, 0) is 6.42 Å². The van der Waals surface area contributed by atoms with Gasteiger partial charge in [0.1, 0.15) is 5.75 Å². The molecule has 0 fully saturated rings. The van der Waals surface area contributed by atoms with E-state index >= 15 is 0 Å². The van der Waals surface area contributed by atoms with Gasteiger partial charge in [0.05, 0.1) is 0 Å². The highest BCUT2D eigenvalue weighted by atomic mass is 32.1. The number of ether oxygens (including phenoxy) is 1. The number of benzene rings is 1. The van der Waals surface area contributed by atoms with Gasteiger partial charge >= 0.3 is 0 Å². The number of hydrogen-bond donors (Lipinski definition) is 1. The second-order valence-corrected chi connectivity index (χ2v) is 5.43. The summed E-state index contributed by atoms with van der Waals surface area (Å²) in [4.78, 5) is 4.49. The first-order valence-corrected chi connectivity index (χ1v) is 6.84. The van der Waals surface area contributed by atoms with Crippen LogP contribution in [0.5, 0.6) is 5.75 Å². The third kappa shape index (κ3) is 2.18. The zero-order valence-corrected chi connectivity index (χ0v) is 11.2. The zero-order valence-electron chi connectivity index (χ0n) is 10.4. The fourth-order valence-electron chi connectivity index (χ4n) is 2.00. The van der Waals surface area contributed by atoms with Crippen LogP contribution in [-0.4, -0.2) is 15.4 Å². The Morgan fingerprint density at radius 1 is 1.39 bits per heavy atom. The molecule has 1 N–H and O–H groups in total. The van der Waals surface area contributed by atoms with Crippen LogP contribution >= 0.6 is 11.5 Å². The van der Waals surface area contributed by atoms with Crippen LogP contribution in [0.1, 0.15) is 31.3 Å². The van der Waals surface area contributed by atoms with Gasteiger partial charge in [-0.15, -0.1) is 0 Å². The number of rotatable bonds is 3. The van der Waals surface area contributed by atoms with E-state index in [4.69, 9.17) is 4.74 Å². The summed E-state index contributed by atoms with van der Waals surface area (Å²) in [7, 11) is 0. The van der Waals surface area contributed by atoms with Crippen LogP contribution in [0.4, 0.5) is 5.13 Å². The maximum absolute atomic E-state index is 5.87. The summed E-state index contributed by atoms with van der Waals surface area (Å²) in [6.07, 6.45) is 0.815. The third-order valence-electron chi connectivity index (χ3n) is 2.79. The Hall–Kier alpha value is -1.62. The van der Waals surface area contributed by atoms with Gasteiger partial charge in [0.25, 0.3) is 0 Å². The van der Waals surface area contributed by atoms with Crippen molar-refractivity contribution in [3.63, 3.8) is 0 Å². The topological polar surface area (TPSA) is 47.0 Å². The highest BCUT2D eigenvalue weighted by molar-refractivity contribution is 7.09. The van der Waals surface area contributed by atoms with Crippen LogP contribution in [0, 0.1) is 0 Å². The van der Waals surface area contributed by atoms with Gasteiger partial charge in [-0.2, -0.15) is 9.36 Å². The van der Waals surface area contributed by atoms with Crippen LogP contribution in [0.15, 0.2) is 24.3 Å². The van der Waals surface area contributed by atoms with E-state index in [0.717, 1.165) is 23.1 Å². The number of para-hydroxylation sites is 1. The first-order chi connectivity index (χ1) is 8.72. The first-order valence-electron chi connectivity index (χ1n) is 6.07. The maximum Gasteiger partial charge on any atom is 0.202 e. The Bertz CT molecular complexity index is 528. The fraction of sp³-hybridized carbons (Fsp3) is 0.385. The molecule has 0 amide bonds. The number of fused-ring (bicyclic) bond motifs is 1. The third-order valence-corrected chi connectivity index (χ3v) is 3.45. The smallest absolute Gasteiger partial charge is 0.202 e. The molecular formula is C13H15N3OS. The fourth-order valence-corrected chi connectivity index (χ4v) is 2.76. The lowest BCUT2D eigenvalue weighted by Crippen LogP contribution is -2.10. The molecule has 5 heteroatoms. The van der Waals surface area contributed by atoms with Crippen molar-refractivity contribution in [1.29, 1.82) is 0 Å². The molecule has 1 atom stereocenters. The SMILES string of the molecule is CC(C)Nc1nc(C2Cc3ccccc3O2)ns1. The largest absolute Gasteiger partial charge is 0.482 e. The quantitative estimate of drug-likeness (QED) is 0.922. The summed E-state index contributed by atoms with van der Waals surface area (Å²) in [5, 5.41) is 4.12. The lowest BCUT2D eigenvalue weighted by atomic mass is 10.1. The molecule has 0 spiro atoms. The zero-order chi connectivity index (χ0) is 12.5. The van der Waals surface area contributed by atoms with Crippen molar-refractivity contribution in [2.75, 3.05) is 5.32 Å². The van der Waals surface area contributed by atoms with Crippen LogP contribution < -0.4 is 10.1 Å². The summed E-state index contributed by atoms with van der Waals surface area (Å²) in [5.41, 5.74) is 1.23. The Kier molecular flexibility index (Phi) is 2.91. The summed E-state index contributed by atoms with van der Waals surface area (Å²) in [6, 6.07) is 8.48. The maximum atomic E-state index is 5.87. The number of hydrogen-bond acceptors (Lipinski definition) is 5. The molecule has 18 heavy (non-hydrogen) atoms. The Balaban J connectivity index is 1.76. The minimum atomic E-state index is -0.0404. The van der Waals surface area contributed by atoms with Gasteiger partial charge in [0.15, 0.2) is 11.9 Å². The highest BCUT2D eigenvalue weighted by Gasteiger charge is 2.27. The van der Waals surface area contributed by atoms with Crippen molar-refractivity contribution in [3.05, 3.63) is 35.7 Å². The van der Waals surface area contributed by atoms with Gasteiger partial charge < -0.3 is 10.1 Å². The van der Waals surface area contributed by atoms with E-state index in [0.29, 0.717) is 6.04 Å². The van der Waals surface area contributed by atoms with Crippen LogP contribution in [0.25, 0.3) is 0 Å². The predicted octanol–water partition coefficient (Wildman–Crippen LogP) is 3.03. The minimum absolute atomic E-state index is 0.0404. The number of aromatic nitrogens is 2. The molecule has 94 valence electrons. The second-order valence-electron chi connectivity index (χ2n) is 4.68. The van der Waals surface area contributed by atoms with Crippen LogP contribution in [0.2, 0.25) is 0 Å². The van der Waals surface area contributed by atoms with Crippen molar-refractivity contribution in [3.8, 4) is 5.75 Å². The second kappa shape index (κ2) is 4.57. The Morgan fingerprint density at radius 2 is 2.22 bits per heavy atom. The molecule has 1 unspecified atom stereocenters. The Morgan fingerprint density at radius 3 is 3.00 bits per heavy atom. The van der Waals surface area contributed by atoms with Gasteiger partial charge in [0, 0.05) is 24.0 Å². The summed E-state index contributed by atoms with van der Waals surface area (Å²) in [6.45, 7) is 4.17. The molecule has 0 aliphatic carbocycles. The van der Waals surface area contributed by atoms with E-state index in [1.54, 1.807) is 0 Å². The molecule has 4 nitrogen and oxygen atoms in total. The number of nitrogens with zero attached hydrogens (tertiary/aromatic N) is 2. The van der Waals surface area contributed by atoms with Crippen LogP contribution in [0.3, 0.4) is 0 Å². The monoisotopic (exact) mass is 261 g/mol. The number of anilines is 1. The molecule has 1 aliphatic heterocycles. The first kappa shape index (κ1) is 11.5. The van der Waals surface area contributed by atoms with E-state index in [1.807, 2.05) is 18.2 Å². The van der Waals surface area contributed by atoms with E-state index < -0.39 is 0 Å². The van der Waals surface area contributed by atoms with E-state index in [2.05, 4.69) is 34.6 Å². The van der Waals surface area contributed by atoms with E-state index in [-0.39, 0.29) is 6.10 Å². The van der Waals surface area contributed by atoms with Crippen molar-refractivity contribution in [1.82, 2.24) is 9.36 Å². The predicted molar refractivity (Wildman–Crippen MR) is 72.2 cm³/mol. The van der Waals surface area contributed by atoms with Gasteiger partial charge in [-0.25, -0.2) is 0 Å². The molecule has 1 aromatic heterocycles. The normalized spacial score (nSPS) is 17.6. The average molecular weight is 261 g/mol. The molecule has 2 aromatic rings. The van der Waals surface area contributed by atoms with Crippen molar-refractivity contribution < 1.29 is 4.74 Å². The Labute approximate surface area is 110 Å². The van der Waals surface area contributed by atoms with E-state index in [9.17, 15) is 0 Å². The van der Waals surface area contributed by atoms with Crippen molar-refractivity contribution >= 4 is 16.7 Å². The molecule has 0 saturated heterocycles. The molecule has 0 radical (unpaired) electrons. The molecule has 2 heterocycles. The lowest BCUT2D eigenvalue weighted by molar-refractivity contribution is 0.229. The number of nitrogens with one attached hydrogen (secondary N) is 1. The molecule has 0 bridgehead atoms. The molecular weight excluding hydrogens is 246 g/mol. The average Bonchev–Trinajstić information content (AvgIpc) is 2.93. The van der Waals surface area contributed by atoms with E-state index in [1.165, 1.54) is 17.1 Å². The van der Waals surface area contributed by atoms with Gasteiger partial charge in [-0.05, 0) is 25.5 Å². The molecule has 1 aliphatic rings. The van der Waals surface area contributed by atoms with Gasteiger partial charge in [0.2, 0.25) is 5.13 Å².